The van der Waals surface area contributed by atoms with Crippen LogP contribution in [0.15, 0.2) is 28.7 Å². The fourth-order valence-corrected chi connectivity index (χ4v) is 1.78. The van der Waals surface area contributed by atoms with Crippen LogP contribution in [0.4, 0.5) is 0 Å². The minimum atomic E-state index is 0.503. The van der Waals surface area contributed by atoms with Gasteiger partial charge in [-0.05, 0) is 25.1 Å². The van der Waals surface area contributed by atoms with Crippen molar-refractivity contribution in [3.63, 3.8) is 0 Å². The first kappa shape index (κ1) is 13.5. The second-order valence-electron chi connectivity index (χ2n) is 4.20. The maximum absolute atomic E-state index is 5.65. The molecule has 0 bridgehead atoms. The molecule has 19 heavy (non-hydrogen) atoms. The molecule has 0 fully saturated rings. The van der Waals surface area contributed by atoms with Crippen molar-refractivity contribution in [2.75, 3.05) is 20.2 Å². The predicted octanol–water partition coefficient (Wildman–Crippen LogP) is 2.29. The normalized spacial score (nSPS) is 10.6. The van der Waals surface area contributed by atoms with E-state index in [2.05, 4.69) is 22.4 Å². The van der Waals surface area contributed by atoms with Gasteiger partial charge in [-0.15, -0.1) is 10.2 Å². The molecule has 5 nitrogen and oxygen atoms in total. The molecular weight excluding hydrogens is 242 g/mol. The van der Waals surface area contributed by atoms with Crippen molar-refractivity contribution < 1.29 is 9.15 Å². The molecule has 2 rings (SSSR count). The van der Waals surface area contributed by atoms with Crippen molar-refractivity contribution in [1.29, 1.82) is 0 Å². The molecule has 0 aliphatic rings. The maximum Gasteiger partial charge on any atom is 0.251 e. The minimum Gasteiger partial charge on any atom is -0.496 e. The van der Waals surface area contributed by atoms with Gasteiger partial charge in [0.05, 0.1) is 12.7 Å². The Morgan fingerprint density at radius 1 is 1.21 bits per heavy atom. The van der Waals surface area contributed by atoms with Gasteiger partial charge in [-0.1, -0.05) is 19.1 Å². The van der Waals surface area contributed by atoms with Crippen LogP contribution in [0.5, 0.6) is 5.75 Å². The Balaban J connectivity index is 2.04. The van der Waals surface area contributed by atoms with E-state index < -0.39 is 0 Å². The largest absolute Gasteiger partial charge is 0.496 e. The summed E-state index contributed by atoms with van der Waals surface area (Å²) in [4.78, 5) is 0. The van der Waals surface area contributed by atoms with Crippen molar-refractivity contribution in [2.24, 2.45) is 0 Å². The molecule has 1 aromatic carbocycles. The number of methoxy groups -OCH3 is 1. The second-order valence-corrected chi connectivity index (χ2v) is 4.20. The van der Waals surface area contributed by atoms with Gasteiger partial charge in [0.2, 0.25) is 5.89 Å². The molecule has 0 radical (unpaired) electrons. The maximum atomic E-state index is 5.65. The zero-order valence-electron chi connectivity index (χ0n) is 11.3. The average molecular weight is 261 g/mol. The monoisotopic (exact) mass is 261 g/mol. The summed E-state index contributed by atoms with van der Waals surface area (Å²) in [7, 11) is 1.63. The number of hydrogen-bond donors (Lipinski definition) is 1. The lowest BCUT2D eigenvalue weighted by molar-refractivity contribution is 0.413. The summed E-state index contributed by atoms with van der Waals surface area (Å²) in [6, 6.07) is 7.62. The molecule has 2 aromatic rings. The van der Waals surface area contributed by atoms with Crippen molar-refractivity contribution in [3.05, 3.63) is 30.2 Å². The third-order valence-electron chi connectivity index (χ3n) is 2.75. The Hall–Kier alpha value is -1.88. The van der Waals surface area contributed by atoms with Crippen LogP contribution >= 0.6 is 0 Å². The van der Waals surface area contributed by atoms with Crippen molar-refractivity contribution in [3.8, 4) is 17.2 Å². The molecule has 0 amide bonds. The van der Waals surface area contributed by atoms with E-state index in [-0.39, 0.29) is 0 Å². The molecule has 0 atom stereocenters. The van der Waals surface area contributed by atoms with E-state index in [4.69, 9.17) is 9.15 Å². The van der Waals surface area contributed by atoms with Gasteiger partial charge in [0.15, 0.2) is 0 Å². The molecule has 0 aliphatic carbocycles. The van der Waals surface area contributed by atoms with E-state index in [9.17, 15) is 0 Å². The molecule has 0 saturated heterocycles. The number of nitrogens with zero attached hydrogens (tertiary/aromatic N) is 2. The second kappa shape index (κ2) is 6.89. The molecule has 102 valence electrons. The number of nitrogens with one attached hydrogen (secondary N) is 1. The molecule has 0 spiro atoms. The first-order valence-electron chi connectivity index (χ1n) is 6.51. The number of para-hydroxylation sites is 1. The molecular formula is C14H19N3O2. The number of ether oxygens (including phenoxy) is 1. The van der Waals surface area contributed by atoms with E-state index in [0.29, 0.717) is 11.8 Å². The quantitative estimate of drug-likeness (QED) is 0.775. The minimum absolute atomic E-state index is 0.503. The van der Waals surface area contributed by atoms with E-state index in [1.807, 2.05) is 24.3 Å². The molecule has 1 N–H and O–H groups in total. The third-order valence-corrected chi connectivity index (χ3v) is 2.75. The Morgan fingerprint density at radius 2 is 2.05 bits per heavy atom. The lowest BCUT2D eigenvalue weighted by atomic mass is 10.2. The van der Waals surface area contributed by atoms with Crippen LogP contribution in [0.1, 0.15) is 19.2 Å². The summed E-state index contributed by atoms with van der Waals surface area (Å²) < 4.78 is 10.9. The SMILES string of the molecule is CCCNCCc1nnc(-c2ccccc2OC)o1. The first-order chi connectivity index (χ1) is 9.35. The zero-order chi connectivity index (χ0) is 13.5. The zero-order valence-corrected chi connectivity index (χ0v) is 11.3. The van der Waals surface area contributed by atoms with Crippen molar-refractivity contribution >= 4 is 0 Å². The molecule has 1 heterocycles. The van der Waals surface area contributed by atoms with Crippen LogP contribution in [0.3, 0.4) is 0 Å². The Kier molecular flexibility index (Phi) is 4.92. The van der Waals surface area contributed by atoms with Crippen molar-refractivity contribution in [2.45, 2.75) is 19.8 Å². The van der Waals surface area contributed by atoms with E-state index in [1.165, 1.54) is 0 Å². The summed E-state index contributed by atoms with van der Waals surface area (Å²) >= 11 is 0. The highest BCUT2D eigenvalue weighted by atomic mass is 16.5. The third kappa shape index (κ3) is 3.54. The smallest absolute Gasteiger partial charge is 0.251 e. The lowest BCUT2D eigenvalue weighted by Gasteiger charge is -2.03. The predicted molar refractivity (Wildman–Crippen MR) is 73.2 cm³/mol. The first-order valence-corrected chi connectivity index (χ1v) is 6.51. The molecule has 0 aliphatic heterocycles. The summed E-state index contributed by atoms with van der Waals surface area (Å²) in [6.45, 7) is 3.99. The Morgan fingerprint density at radius 3 is 2.84 bits per heavy atom. The molecule has 0 saturated carbocycles. The van der Waals surface area contributed by atoms with Crippen molar-refractivity contribution in [1.82, 2.24) is 15.5 Å². The van der Waals surface area contributed by atoms with Crippen LogP contribution in [0.2, 0.25) is 0 Å². The fourth-order valence-electron chi connectivity index (χ4n) is 1.78. The van der Waals surface area contributed by atoms with Gasteiger partial charge in [-0.25, -0.2) is 0 Å². The van der Waals surface area contributed by atoms with Crippen LogP contribution in [-0.4, -0.2) is 30.4 Å². The van der Waals surface area contributed by atoms with E-state index >= 15 is 0 Å². The fraction of sp³-hybridized carbons (Fsp3) is 0.429. The van der Waals surface area contributed by atoms with Crippen LogP contribution in [0.25, 0.3) is 11.5 Å². The van der Waals surface area contributed by atoms with Crippen LogP contribution < -0.4 is 10.1 Å². The Bertz CT molecular complexity index is 511. The van der Waals surface area contributed by atoms with E-state index in [1.54, 1.807) is 7.11 Å². The topological polar surface area (TPSA) is 60.2 Å². The summed E-state index contributed by atoms with van der Waals surface area (Å²) in [5.41, 5.74) is 0.824. The number of rotatable bonds is 7. The molecule has 0 unspecified atom stereocenters. The standard InChI is InChI=1S/C14H19N3O2/c1-3-9-15-10-8-13-16-17-14(19-13)11-6-4-5-7-12(11)18-2/h4-7,15H,3,8-10H2,1-2H3. The Labute approximate surface area is 113 Å². The van der Waals surface area contributed by atoms with Gasteiger partial charge in [0.1, 0.15) is 5.75 Å². The summed E-state index contributed by atoms with van der Waals surface area (Å²) in [6.07, 6.45) is 1.86. The average Bonchev–Trinajstić information content (AvgIpc) is 2.92. The number of benzene rings is 1. The number of hydrogen-bond acceptors (Lipinski definition) is 5. The highest BCUT2D eigenvalue weighted by molar-refractivity contribution is 5.62. The van der Waals surface area contributed by atoms with Gasteiger partial charge in [-0.3, -0.25) is 0 Å². The highest BCUT2D eigenvalue weighted by Crippen LogP contribution is 2.28. The van der Waals surface area contributed by atoms with Crippen LogP contribution in [-0.2, 0) is 6.42 Å². The van der Waals surface area contributed by atoms with Gasteiger partial charge in [-0.2, -0.15) is 0 Å². The van der Waals surface area contributed by atoms with Gasteiger partial charge >= 0.3 is 0 Å². The van der Waals surface area contributed by atoms with Gasteiger partial charge in [0.25, 0.3) is 5.89 Å². The van der Waals surface area contributed by atoms with Gasteiger partial charge < -0.3 is 14.5 Å². The molecule has 5 heteroatoms. The van der Waals surface area contributed by atoms with Gasteiger partial charge in [0, 0.05) is 13.0 Å². The summed E-state index contributed by atoms with van der Waals surface area (Å²) in [5.74, 6) is 1.88. The molecule has 1 aromatic heterocycles. The van der Waals surface area contributed by atoms with E-state index in [0.717, 1.165) is 37.2 Å². The highest BCUT2D eigenvalue weighted by Gasteiger charge is 2.12. The summed E-state index contributed by atoms with van der Waals surface area (Å²) in [5, 5.41) is 11.4. The van der Waals surface area contributed by atoms with Crippen LogP contribution in [0, 0.1) is 0 Å². The lowest BCUT2D eigenvalue weighted by Crippen LogP contribution is -2.17. The number of aromatic nitrogens is 2.